The van der Waals surface area contributed by atoms with Crippen molar-refractivity contribution < 1.29 is 33.2 Å². The van der Waals surface area contributed by atoms with E-state index in [-0.39, 0.29) is 0 Å². The Kier molecular flexibility index (Phi) is 83.7. The highest BCUT2D eigenvalue weighted by Gasteiger charge is 2.38. The van der Waals surface area contributed by atoms with Crippen LogP contribution in [0.2, 0.25) is 0 Å². The van der Waals surface area contributed by atoms with Crippen LogP contribution in [0.4, 0.5) is 0 Å². The molecule has 7 saturated carbocycles. The van der Waals surface area contributed by atoms with E-state index in [0.29, 0.717) is 55.8 Å². The van der Waals surface area contributed by atoms with E-state index >= 15 is 0 Å². The van der Waals surface area contributed by atoms with Gasteiger partial charge in [0.05, 0.1) is 50.3 Å². The molecule has 15 heterocycles. The molecule has 0 bridgehead atoms. The van der Waals surface area contributed by atoms with Crippen LogP contribution in [-0.2, 0) is 33.2 Å². The molecule has 22 aliphatic rings. The molecule has 0 aromatic carbocycles. The molecule has 0 aromatic rings. The maximum Gasteiger partial charge on any atom is 0.147 e. The number of nitrogens with zero attached hydrogens (tertiary/aromatic N) is 5. The fourth-order valence-corrected chi connectivity index (χ4v) is 21.8. The molecule has 0 aromatic heterocycles. The minimum atomic E-state index is 0.454. The van der Waals surface area contributed by atoms with E-state index in [4.69, 9.17) is 33.2 Å². The zero-order valence-corrected chi connectivity index (χ0v) is 99.1. The minimum absolute atomic E-state index is 0.454. The first kappa shape index (κ1) is 134. The summed E-state index contributed by atoms with van der Waals surface area (Å²) in [5.74, 6) is 16.0. The first-order chi connectivity index (χ1) is 65.2. The summed E-state index contributed by atoms with van der Waals surface area (Å²) in [6.07, 6.45) is 65.0. The van der Waals surface area contributed by atoms with Gasteiger partial charge in [-0.25, -0.2) is 0 Å². The highest BCUT2D eigenvalue weighted by Crippen LogP contribution is 2.45. The predicted molar refractivity (Wildman–Crippen MR) is 602 cm³/mol. The third-order valence-electron chi connectivity index (χ3n) is 27.2. The SMILES string of the molecule is C1CC2CCCC2C1.C1CC2CCCC2C1.C1CC2CCCN2C1.C1CC2CCCN2C1.C1CC2CCCN2C1.C1CC2OCCC2O1.C1CC2OCCN2C1.C1CC2OCOC2C1.C1CCC2CNCCC2C1.C1CCC2OCCNC2C1.C1CCN2CCOC2C1.CC(C)C.CC(C)C.CC(C)C.CC(C)C.CC(C)C.CC(C)C.CC(C)C.CC(C)C.CC(C)C.CC(C)C.CC(C)C. The molecular formula is C123H253N7O7. The van der Waals surface area contributed by atoms with Gasteiger partial charge in [0.1, 0.15) is 19.2 Å². The van der Waals surface area contributed by atoms with Gasteiger partial charge in [0.2, 0.25) is 0 Å². The lowest BCUT2D eigenvalue weighted by Crippen LogP contribution is -2.49. The van der Waals surface area contributed by atoms with Crippen molar-refractivity contribution in [3.63, 3.8) is 0 Å². The van der Waals surface area contributed by atoms with Crippen molar-refractivity contribution in [2.24, 2.45) is 101 Å². The number of fused-ring (bicyclic) bond motifs is 11. The molecule has 15 saturated heterocycles. The molecule has 22 rings (SSSR count). The second kappa shape index (κ2) is 85.3. The number of hydrogen-bond donors (Lipinski definition) is 2. The van der Waals surface area contributed by atoms with Crippen molar-refractivity contribution in [1.82, 2.24) is 35.1 Å². The van der Waals surface area contributed by atoms with Crippen LogP contribution in [0.1, 0.15) is 505 Å². The number of morpholine rings is 1. The van der Waals surface area contributed by atoms with E-state index in [9.17, 15) is 0 Å². The maximum absolute atomic E-state index is 5.62. The van der Waals surface area contributed by atoms with Crippen LogP contribution in [0.25, 0.3) is 0 Å². The minimum Gasteiger partial charge on any atom is -0.375 e. The van der Waals surface area contributed by atoms with Crippen molar-refractivity contribution in [1.29, 1.82) is 0 Å². The second-order valence-electron chi connectivity index (χ2n) is 52.0. The Morgan fingerprint density at radius 1 is 0.182 bits per heavy atom. The normalized spacial score (nSPS) is 29.5. The Hall–Kier alpha value is -0.560. The zero-order chi connectivity index (χ0) is 102. The summed E-state index contributed by atoms with van der Waals surface area (Å²) in [5, 5.41) is 6.98. The van der Waals surface area contributed by atoms with E-state index in [1.54, 1.807) is 51.4 Å². The summed E-state index contributed by atoms with van der Waals surface area (Å²) >= 11 is 0. The van der Waals surface area contributed by atoms with Crippen LogP contribution in [0.5, 0.6) is 0 Å². The molecule has 137 heavy (non-hydrogen) atoms. The number of hydrogen-bond acceptors (Lipinski definition) is 14. The first-order valence-corrected chi connectivity index (χ1v) is 60.6. The van der Waals surface area contributed by atoms with Crippen molar-refractivity contribution in [2.45, 2.75) is 572 Å². The number of nitrogens with one attached hydrogen (secondary N) is 2. The van der Waals surface area contributed by atoms with Crippen molar-refractivity contribution in [3.8, 4) is 0 Å². The van der Waals surface area contributed by atoms with Gasteiger partial charge in [0, 0.05) is 70.1 Å². The van der Waals surface area contributed by atoms with Crippen molar-refractivity contribution in [3.05, 3.63) is 0 Å². The third kappa shape index (κ3) is 74.1. The van der Waals surface area contributed by atoms with Gasteiger partial charge in [-0.2, -0.15) is 0 Å². The summed E-state index contributed by atoms with van der Waals surface area (Å²) in [6.45, 7) is 93.6. The molecule has 10 unspecified atom stereocenters. The number of rotatable bonds is 0. The predicted octanol–water partition coefficient (Wildman–Crippen LogP) is 32.6. The molecule has 0 amide bonds. The van der Waals surface area contributed by atoms with Gasteiger partial charge in [0.25, 0.3) is 0 Å². The van der Waals surface area contributed by atoms with E-state index in [1.807, 2.05) is 0 Å². The lowest BCUT2D eigenvalue weighted by Gasteiger charge is -2.36. The van der Waals surface area contributed by atoms with Crippen LogP contribution in [0, 0.1) is 101 Å². The topological polar surface area (TPSA) is 105 Å². The van der Waals surface area contributed by atoms with Gasteiger partial charge in [-0.1, -0.05) is 338 Å². The van der Waals surface area contributed by atoms with Crippen molar-refractivity contribution in [2.75, 3.05) is 125 Å². The van der Waals surface area contributed by atoms with Crippen molar-refractivity contribution >= 4 is 0 Å². The maximum atomic E-state index is 5.62. The Balaban J connectivity index is 0.000000724. The summed E-state index contributed by atoms with van der Waals surface area (Å²) < 4.78 is 37.7. The van der Waals surface area contributed by atoms with Crippen LogP contribution in [0.3, 0.4) is 0 Å². The average molecular weight is 1940 g/mol. The van der Waals surface area contributed by atoms with Crippen LogP contribution in [0.15, 0.2) is 0 Å². The summed E-state index contributed by atoms with van der Waals surface area (Å²) in [4.78, 5) is 12.8. The average Bonchev–Trinajstić information content (AvgIpc) is 1.07. The first-order valence-electron chi connectivity index (χ1n) is 60.6. The lowest BCUT2D eigenvalue weighted by atomic mass is 9.76. The summed E-state index contributed by atoms with van der Waals surface area (Å²) in [6, 6.07) is 3.71. The largest absolute Gasteiger partial charge is 0.375 e. The Morgan fingerprint density at radius 3 is 0.752 bits per heavy atom. The van der Waals surface area contributed by atoms with E-state index in [2.05, 4.69) is 264 Å². The molecule has 0 radical (unpaired) electrons. The van der Waals surface area contributed by atoms with Crippen LogP contribution < -0.4 is 10.6 Å². The van der Waals surface area contributed by atoms with Crippen LogP contribution in [-0.4, -0.2) is 217 Å². The molecule has 2 N–H and O–H groups in total. The zero-order valence-electron chi connectivity index (χ0n) is 99.1. The molecule has 22 fully saturated rings. The van der Waals surface area contributed by atoms with E-state index < -0.39 is 0 Å². The molecule has 14 nitrogen and oxygen atoms in total. The number of piperidine rings is 2. The smallest absolute Gasteiger partial charge is 0.147 e. The monoisotopic (exact) mass is 1940 g/mol. The molecule has 7 aliphatic carbocycles. The lowest BCUT2D eigenvalue weighted by molar-refractivity contribution is -0.0235. The third-order valence-corrected chi connectivity index (χ3v) is 27.2. The molecule has 0 spiro atoms. The molecule has 822 valence electrons. The summed E-state index contributed by atoms with van der Waals surface area (Å²) in [5.41, 5.74) is 0. The highest BCUT2D eigenvalue weighted by atomic mass is 16.7. The molecule has 14 heteroatoms. The standard InChI is InChI=1S/C9H17N.C8H15NO.2C8H14.C7H13NO.3C7H13N.C6H11NO.2C6H10O2.11C4H10/c1-2-4-9-7-10-6-5-8(9)3-1;1-2-4-8-7(3-1)9-5-6-10-8;2*1-3-7-5-2-6-8(7)4-1;1-2-4-8-5-6-9-7(8)3-1;3*1-3-7-4-2-6-8(7)5-1;1-2-6-7(3-1)4-5-8-6;1-3-7-6-2-4-8-5(1)6;1-2-5-6(3-1)8-4-7-5;11*1-4(2)3/h8-10H,1-7H2;7-9H,1-6H2;2*7-8H,1-6H2;7H,1-6H2;3*7H,1-6H2;6H,1-5H2;2*5-6H,1-4H2;11*4H,1-3H3. The van der Waals surface area contributed by atoms with E-state index in [1.165, 1.54) is 314 Å². The Bertz CT molecular complexity index is 1890. The van der Waals surface area contributed by atoms with Gasteiger partial charge >= 0.3 is 0 Å². The molecule has 15 aliphatic heterocycles. The fraction of sp³-hybridized carbons (Fsp3) is 1.00. The Labute approximate surface area is 860 Å². The summed E-state index contributed by atoms with van der Waals surface area (Å²) in [7, 11) is 0. The van der Waals surface area contributed by atoms with Gasteiger partial charge in [-0.15, -0.1) is 0 Å². The number of ether oxygens (including phenoxy) is 7. The second-order valence-corrected chi connectivity index (χ2v) is 52.0. The van der Waals surface area contributed by atoms with Crippen LogP contribution >= 0.6 is 0 Å². The highest BCUT2D eigenvalue weighted by molar-refractivity contribution is 4.90. The quantitative estimate of drug-likeness (QED) is 0.240. The molecule has 10 atom stereocenters. The molecular weight excluding hydrogens is 1690 g/mol. The fourth-order valence-electron chi connectivity index (χ4n) is 21.8. The van der Waals surface area contributed by atoms with Gasteiger partial charge < -0.3 is 58.5 Å². The Morgan fingerprint density at radius 2 is 0.431 bits per heavy atom. The van der Waals surface area contributed by atoms with Gasteiger partial charge in [-0.05, 0) is 320 Å². The van der Waals surface area contributed by atoms with E-state index in [0.717, 1.165) is 147 Å². The van der Waals surface area contributed by atoms with Gasteiger partial charge in [-0.3, -0.25) is 9.80 Å². The van der Waals surface area contributed by atoms with Gasteiger partial charge in [0.15, 0.2) is 0 Å².